The second kappa shape index (κ2) is 10.2. The molecule has 0 aliphatic rings. The van der Waals surface area contributed by atoms with E-state index in [1.54, 1.807) is 41.7 Å². The van der Waals surface area contributed by atoms with Gasteiger partial charge in [-0.1, -0.05) is 30.3 Å². The Hall–Kier alpha value is -3.48. The molecule has 2 amide bonds. The van der Waals surface area contributed by atoms with Crippen LogP contribution in [0.1, 0.15) is 29.9 Å². The first-order valence-corrected chi connectivity index (χ1v) is 9.46. The highest BCUT2D eigenvalue weighted by atomic mass is 16.4. The Labute approximate surface area is 168 Å². The van der Waals surface area contributed by atoms with E-state index in [9.17, 15) is 9.59 Å². The van der Waals surface area contributed by atoms with Crippen molar-refractivity contribution in [2.45, 2.75) is 38.4 Å². The number of hydrogen-bond donors (Lipinski definition) is 2. The molecule has 3 aromatic rings. The summed E-state index contributed by atoms with van der Waals surface area (Å²) in [5.74, 6) is 0.411. The van der Waals surface area contributed by atoms with Crippen molar-refractivity contribution in [1.82, 2.24) is 10.2 Å². The fraction of sp³-hybridized carbons (Fsp3) is 0.273. The van der Waals surface area contributed by atoms with Crippen LogP contribution in [0.5, 0.6) is 0 Å². The average molecular weight is 396 g/mol. The van der Waals surface area contributed by atoms with Crippen LogP contribution < -0.4 is 5.32 Å². The molecule has 0 saturated heterocycles. The first kappa shape index (κ1) is 20.3. The lowest BCUT2D eigenvalue weighted by atomic mass is 10.0. The molecule has 0 spiro atoms. The third-order valence-corrected chi connectivity index (χ3v) is 4.50. The lowest BCUT2D eigenvalue weighted by Crippen LogP contribution is -2.45. The molecule has 1 aromatic carbocycles. The molecule has 0 saturated carbocycles. The van der Waals surface area contributed by atoms with E-state index in [1.165, 1.54) is 0 Å². The zero-order valence-electron chi connectivity index (χ0n) is 16.0. The van der Waals surface area contributed by atoms with Crippen LogP contribution >= 0.6 is 0 Å². The summed E-state index contributed by atoms with van der Waals surface area (Å²) in [5.41, 5.74) is 1.03. The molecule has 1 unspecified atom stereocenters. The number of urea groups is 1. The second-order valence-corrected chi connectivity index (χ2v) is 6.78. The number of carboxylic acids is 1. The maximum atomic E-state index is 13.0. The minimum absolute atomic E-state index is 0.0197. The molecule has 2 N–H and O–H groups in total. The van der Waals surface area contributed by atoms with Gasteiger partial charge in [0.15, 0.2) is 0 Å². The van der Waals surface area contributed by atoms with Gasteiger partial charge in [0.05, 0.1) is 25.6 Å². The Morgan fingerprint density at radius 3 is 2.07 bits per heavy atom. The molecule has 0 aliphatic carbocycles. The number of rotatable bonds is 10. The van der Waals surface area contributed by atoms with Crippen molar-refractivity contribution < 1.29 is 23.5 Å². The van der Waals surface area contributed by atoms with Crippen LogP contribution in [0.25, 0.3) is 0 Å². The molecule has 3 rings (SSSR count). The third kappa shape index (κ3) is 6.57. The van der Waals surface area contributed by atoms with Crippen LogP contribution in [0.2, 0.25) is 0 Å². The third-order valence-electron chi connectivity index (χ3n) is 4.50. The van der Waals surface area contributed by atoms with E-state index in [2.05, 4.69) is 5.32 Å². The first-order chi connectivity index (χ1) is 14.1. The van der Waals surface area contributed by atoms with E-state index < -0.39 is 5.97 Å². The van der Waals surface area contributed by atoms with Crippen LogP contribution in [-0.2, 0) is 24.3 Å². The quantitative estimate of drug-likeness (QED) is 0.539. The van der Waals surface area contributed by atoms with Gasteiger partial charge < -0.3 is 24.2 Å². The number of furan rings is 2. The van der Waals surface area contributed by atoms with Crippen LogP contribution in [0.3, 0.4) is 0 Å². The van der Waals surface area contributed by atoms with Crippen molar-refractivity contribution in [3.05, 3.63) is 84.2 Å². The molecule has 152 valence electrons. The molecule has 29 heavy (non-hydrogen) atoms. The van der Waals surface area contributed by atoms with Gasteiger partial charge in [0.1, 0.15) is 11.5 Å². The van der Waals surface area contributed by atoms with E-state index in [4.69, 9.17) is 13.9 Å². The fourth-order valence-electron chi connectivity index (χ4n) is 3.07. The van der Waals surface area contributed by atoms with Crippen molar-refractivity contribution in [3.63, 3.8) is 0 Å². The van der Waals surface area contributed by atoms with Crippen LogP contribution in [0, 0.1) is 0 Å². The standard InChI is InChI=1S/C22H24N2O5/c25-21(26)11-10-18(14-17-6-2-1-3-7-17)23-22(27)24(15-19-8-4-12-28-19)16-20-9-5-13-29-20/h1-9,12-13,18H,10-11,14-16H2,(H,23,27)(H,25,26). The lowest BCUT2D eigenvalue weighted by molar-refractivity contribution is -0.137. The van der Waals surface area contributed by atoms with Gasteiger partial charge in [0.25, 0.3) is 0 Å². The Kier molecular flexibility index (Phi) is 7.10. The number of nitrogens with zero attached hydrogens (tertiary/aromatic N) is 1. The molecule has 7 nitrogen and oxygen atoms in total. The number of carbonyl (C=O) groups is 2. The zero-order valence-corrected chi connectivity index (χ0v) is 16.0. The SMILES string of the molecule is O=C(O)CCC(Cc1ccccc1)NC(=O)N(Cc1ccco1)Cc1ccco1. The van der Waals surface area contributed by atoms with E-state index in [-0.39, 0.29) is 31.6 Å². The van der Waals surface area contributed by atoms with E-state index >= 15 is 0 Å². The zero-order chi connectivity index (χ0) is 20.5. The predicted molar refractivity (Wildman–Crippen MR) is 106 cm³/mol. The fourth-order valence-corrected chi connectivity index (χ4v) is 3.07. The largest absolute Gasteiger partial charge is 0.481 e. The number of benzene rings is 1. The molecule has 2 heterocycles. The summed E-state index contributed by atoms with van der Waals surface area (Å²) in [6.45, 7) is 0.549. The number of nitrogens with one attached hydrogen (secondary N) is 1. The minimum Gasteiger partial charge on any atom is -0.481 e. The number of amides is 2. The van der Waals surface area contributed by atoms with Gasteiger partial charge in [-0.05, 0) is 42.7 Å². The molecule has 0 radical (unpaired) electrons. The van der Waals surface area contributed by atoms with Gasteiger partial charge in [-0.3, -0.25) is 4.79 Å². The van der Waals surface area contributed by atoms with E-state index in [0.29, 0.717) is 24.4 Å². The number of carbonyl (C=O) groups excluding carboxylic acids is 1. The Balaban J connectivity index is 1.70. The number of carboxylic acid groups (broad SMARTS) is 1. The predicted octanol–water partition coefficient (Wildman–Crippen LogP) is 4.06. The Morgan fingerprint density at radius 2 is 1.55 bits per heavy atom. The molecule has 0 aliphatic heterocycles. The summed E-state index contributed by atoms with van der Waals surface area (Å²) < 4.78 is 10.8. The molecular weight excluding hydrogens is 372 g/mol. The molecule has 0 fully saturated rings. The summed E-state index contributed by atoms with van der Waals surface area (Å²) in [6, 6.07) is 16.2. The highest BCUT2D eigenvalue weighted by Gasteiger charge is 2.21. The van der Waals surface area contributed by atoms with Gasteiger partial charge in [-0.15, -0.1) is 0 Å². The summed E-state index contributed by atoms with van der Waals surface area (Å²) >= 11 is 0. The highest BCUT2D eigenvalue weighted by molar-refractivity contribution is 5.74. The lowest BCUT2D eigenvalue weighted by Gasteiger charge is -2.25. The van der Waals surface area contributed by atoms with Gasteiger partial charge in [0.2, 0.25) is 0 Å². The van der Waals surface area contributed by atoms with E-state index in [0.717, 1.165) is 5.56 Å². The van der Waals surface area contributed by atoms with Gasteiger partial charge in [-0.25, -0.2) is 4.79 Å². The average Bonchev–Trinajstić information content (AvgIpc) is 3.40. The van der Waals surface area contributed by atoms with Crippen LogP contribution in [0.4, 0.5) is 4.79 Å². The summed E-state index contributed by atoms with van der Waals surface area (Å²) in [4.78, 5) is 25.7. The van der Waals surface area contributed by atoms with Crippen molar-refractivity contribution >= 4 is 12.0 Å². The first-order valence-electron chi connectivity index (χ1n) is 9.46. The van der Waals surface area contributed by atoms with Crippen molar-refractivity contribution in [3.8, 4) is 0 Å². The van der Waals surface area contributed by atoms with Crippen molar-refractivity contribution in [2.24, 2.45) is 0 Å². The van der Waals surface area contributed by atoms with Crippen LogP contribution in [-0.4, -0.2) is 28.0 Å². The maximum absolute atomic E-state index is 13.0. The number of aliphatic carboxylic acids is 1. The Bertz CT molecular complexity index is 839. The van der Waals surface area contributed by atoms with Crippen LogP contribution in [0.15, 0.2) is 76.0 Å². The van der Waals surface area contributed by atoms with E-state index in [1.807, 2.05) is 30.3 Å². The van der Waals surface area contributed by atoms with Crippen molar-refractivity contribution in [2.75, 3.05) is 0 Å². The van der Waals surface area contributed by atoms with Crippen molar-refractivity contribution in [1.29, 1.82) is 0 Å². The second-order valence-electron chi connectivity index (χ2n) is 6.78. The minimum atomic E-state index is -0.889. The maximum Gasteiger partial charge on any atom is 0.318 e. The summed E-state index contributed by atoms with van der Waals surface area (Å²) in [5, 5.41) is 12.1. The normalized spacial score (nSPS) is 11.7. The molecular formula is C22H24N2O5. The highest BCUT2D eigenvalue weighted by Crippen LogP contribution is 2.13. The smallest absolute Gasteiger partial charge is 0.318 e. The monoisotopic (exact) mass is 396 g/mol. The molecule has 7 heteroatoms. The topological polar surface area (TPSA) is 95.9 Å². The summed E-state index contributed by atoms with van der Waals surface area (Å²) in [6.07, 6.45) is 3.99. The van der Waals surface area contributed by atoms with Gasteiger partial charge >= 0.3 is 12.0 Å². The van der Waals surface area contributed by atoms with Gasteiger partial charge in [0, 0.05) is 12.5 Å². The molecule has 0 bridgehead atoms. The Morgan fingerprint density at radius 1 is 0.931 bits per heavy atom. The molecule has 2 aromatic heterocycles. The number of hydrogen-bond acceptors (Lipinski definition) is 4. The summed E-state index contributed by atoms with van der Waals surface area (Å²) in [7, 11) is 0. The molecule has 1 atom stereocenters. The van der Waals surface area contributed by atoms with Gasteiger partial charge in [-0.2, -0.15) is 0 Å².